The summed E-state index contributed by atoms with van der Waals surface area (Å²) in [6.45, 7) is 9.53. The van der Waals surface area contributed by atoms with E-state index in [1.54, 1.807) is 22.8 Å². The number of carbonyl (C=O) groups is 2. The first-order valence-electron chi connectivity index (χ1n) is 11.4. The Kier molecular flexibility index (Phi) is 8.76. The highest BCUT2D eigenvalue weighted by Gasteiger charge is 2.25. The number of nitrogens with one attached hydrogen (secondary N) is 1. The molecule has 0 spiro atoms. The quantitative estimate of drug-likeness (QED) is 0.241. The zero-order chi connectivity index (χ0) is 23.3. The molecule has 1 unspecified atom stereocenters. The molecule has 0 saturated carbocycles. The van der Waals surface area contributed by atoms with E-state index >= 15 is 0 Å². The molecule has 0 fully saturated rings. The number of aryl methyl sites for hydroxylation is 1. The number of hydrogen-bond donors (Lipinski definition) is 1. The number of hydrogen-bond acceptors (Lipinski definition) is 7. The predicted octanol–water partition coefficient (Wildman–Crippen LogP) is 3.79. The van der Waals surface area contributed by atoms with Gasteiger partial charge in [0.05, 0.1) is 17.7 Å². The lowest BCUT2D eigenvalue weighted by molar-refractivity contribution is -0.143. The van der Waals surface area contributed by atoms with Gasteiger partial charge in [-0.05, 0) is 50.0 Å². The average Bonchev–Trinajstić information content (AvgIpc) is 3.09. The molecule has 9 heteroatoms. The van der Waals surface area contributed by atoms with E-state index in [2.05, 4.69) is 26.1 Å². The van der Waals surface area contributed by atoms with Gasteiger partial charge in [-0.2, -0.15) is 0 Å². The fourth-order valence-electron chi connectivity index (χ4n) is 3.92. The number of carbonyl (C=O) groups excluding carboxylic acids is 2. The van der Waals surface area contributed by atoms with Crippen LogP contribution in [0.1, 0.15) is 57.4 Å². The minimum atomic E-state index is -0.251. The van der Waals surface area contributed by atoms with Crippen LogP contribution in [0.2, 0.25) is 0 Å². The number of nitrogens with zero attached hydrogens (tertiary/aromatic N) is 2. The molecule has 32 heavy (non-hydrogen) atoms. The normalized spacial score (nSPS) is 15.7. The van der Waals surface area contributed by atoms with Crippen LogP contribution < -0.4 is 10.9 Å². The molecular formula is C23H33N3O4S2. The molecule has 2 aromatic rings. The molecule has 1 atom stereocenters. The van der Waals surface area contributed by atoms with Crippen LogP contribution in [0, 0.1) is 11.8 Å². The molecule has 1 aliphatic rings. The van der Waals surface area contributed by atoms with E-state index < -0.39 is 0 Å². The summed E-state index contributed by atoms with van der Waals surface area (Å²) in [7, 11) is 0. The van der Waals surface area contributed by atoms with Gasteiger partial charge in [-0.15, -0.1) is 11.3 Å². The molecule has 176 valence electrons. The number of fused-ring (bicyclic) bond motifs is 3. The second-order valence-electron chi connectivity index (χ2n) is 8.78. The second-order valence-corrected chi connectivity index (χ2v) is 10.8. The molecule has 1 N–H and O–H groups in total. The van der Waals surface area contributed by atoms with Gasteiger partial charge in [0.1, 0.15) is 4.83 Å². The van der Waals surface area contributed by atoms with Gasteiger partial charge in [0.15, 0.2) is 5.16 Å². The first-order valence-corrected chi connectivity index (χ1v) is 13.2. The fourth-order valence-corrected chi connectivity index (χ4v) is 6.18. The van der Waals surface area contributed by atoms with Crippen LogP contribution in [0.15, 0.2) is 9.95 Å². The van der Waals surface area contributed by atoms with Gasteiger partial charge in [0.2, 0.25) is 5.91 Å². The summed E-state index contributed by atoms with van der Waals surface area (Å²) in [5, 5.41) is 4.21. The molecule has 2 heterocycles. The van der Waals surface area contributed by atoms with Gasteiger partial charge in [0, 0.05) is 24.4 Å². The highest BCUT2D eigenvalue weighted by molar-refractivity contribution is 7.99. The van der Waals surface area contributed by atoms with Crippen LogP contribution in [0.25, 0.3) is 10.2 Å². The van der Waals surface area contributed by atoms with Crippen molar-refractivity contribution < 1.29 is 14.3 Å². The van der Waals surface area contributed by atoms with Crippen LogP contribution in [0.3, 0.4) is 0 Å². The summed E-state index contributed by atoms with van der Waals surface area (Å²) in [6, 6.07) is 0. The van der Waals surface area contributed by atoms with Crippen molar-refractivity contribution in [2.75, 3.05) is 18.9 Å². The van der Waals surface area contributed by atoms with Crippen molar-refractivity contribution in [3.8, 4) is 0 Å². The second kappa shape index (κ2) is 11.3. The molecule has 0 radical (unpaired) electrons. The lowest BCUT2D eigenvalue weighted by atomic mass is 9.89. The Hall–Kier alpha value is -1.87. The molecule has 0 aromatic carbocycles. The summed E-state index contributed by atoms with van der Waals surface area (Å²) in [4.78, 5) is 44.0. The molecule has 3 rings (SSSR count). The third kappa shape index (κ3) is 6.13. The molecular weight excluding hydrogens is 446 g/mol. The van der Waals surface area contributed by atoms with Gasteiger partial charge >= 0.3 is 5.97 Å². The highest BCUT2D eigenvalue weighted by Crippen LogP contribution is 2.36. The third-order valence-corrected chi connectivity index (χ3v) is 7.57. The maximum atomic E-state index is 13.4. The Labute approximate surface area is 197 Å². The topological polar surface area (TPSA) is 90.3 Å². The first-order chi connectivity index (χ1) is 15.3. The van der Waals surface area contributed by atoms with Crippen LogP contribution in [-0.4, -0.2) is 40.3 Å². The van der Waals surface area contributed by atoms with E-state index in [-0.39, 0.29) is 35.5 Å². The lowest BCUT2D eigenvalue weighted by Crippen LogP contribution is -2.29. The summed E-state index contributed by atoms with van der Waals surface area (Å²) < 4.78 is 6.63. The largest absolute Gasteiger partial charge is 0.466 e. The van der Waals surface area contributed by atoms with Gasteiger partial charge < -0.3 is 10.1 Å². The number of aromatic nitrogens is 2. The Morgan fingerprint density at radius 3 is 2.88 bits per heavy atom. The maximum Gasteiger partial charge on any atom is 0.305 e. The number of ether oxygens (including phenoxy) is 1. The van der Waals surface area contributed by atoms with Crippen molar-refractivity contribution in [2.45, 2.75) is 71.5 Å². The van der Waals surface area contributed by atoms with Gasteiger partial charge in [-0.25, -0.2) is 4.98 Å². The molecule has 0 bridgehead atoms. The molecule has 1 aliphatic carbocycles. The minimum Gasteiger partial charge on any atom is -0.466 e. The van der Waals surface area contributed by atoms with Crippen LogP contribution in [-0.2, 0) is 33.7 Å². The third-order valence-electron chi connectivity index (χ3n) is 5.45. The number of rotatable bonds is 10. The first kappa shape index (κ1) is 24.8. The number of thiophene rings is 1. The lowest BCUT2D eigenvalue weighted by Gasteiger charge is -2.18. The van der Waals surface area contributed by atoms with E-state index in [4.69, 9.17) is 9.72 Å². The molecule has 2 aromatic heterocycles. The van der Waals surface area contributed by atoms with Gasteiger partial charge in [-0.3, -0.25) is 19.0 Å². The summed E-state index contributed by atoms with van der Waals surface area (Å²) in [5.41, 5.74) is 1.21. The summed E-state index contributed by atoms with van der Waals surface area (Å²) in [5.74, 6) is 0.715. The standard InChI is InChI=1S/C23H33N3O4S2/c1-5-30-19(28)7-6-10-24-18(27)13-31-23-25-21-20(22(29)26(23)12-14(2)3)16-9-8-15(4)11-17(16)32-21/h14-15H,5-13H2,1-4H3,(H,24,27). The highest BCUT2D eigenvalue weighted by atomic mass is 32.2. The van der Waals surface area contributed by atoms with Crippen LogP contribution >= 0.6 is 23.1 Å². The van der Waals surface area contributed by atoms with E-state index in [0.29, 0.717) is 37.2 Å². The van der Waals surface area contributed by atoms with Crippen molar-refractivity contribution in [2.24, 2.45) is 11.8 Å². The van der Waals surface area contributed by atoms with Crippen molar-refractivity contribution in [1.82, 2.24) is 14.9 Å². The molecule has 0 aliphatic heterocycles. The number of thioether (sulfide) groups is 1. The Morgan fingerprint density at radius 1 is 1.38 bits per heavy atom. The van der Waals surface area contributed by atoms with E-state index in [1.807, 2.05) is 0 Å². The maximum absolute atomic E-state index is 13.4. The Morgan fingerprint density at radius 2 is 2.16 bits per heavy atom. The van der Waals surface area contributed by atoms with Gasteiger partial charge in [-0.1, -0.05) is 32.5 Å². The van der Waals surface area contributed by atoms with E-state index in [0.717, 1.165) is 29.5 Å². The summed E-state index contributed by atoms with van der Waals surface area (Å²) >= 11 is 2.93. The minimum absolute atomic E-state index is 0.0214. The fraction of sp³-hybridized carbons (Fsp3) is 0.652. The molecule has 1 amide bonds. The van der Waals surface area contributed by atoms with E-state index in [1.165, 1.54) is 22.2 Å². The monoisotopic (exact) mass is 479 g/mol. The number of esters is 1. The molecule has 0 saturated heterocycles. The van der Waals surface area contributed by atoms with Gasteiger partial charge in [0.25, 0.3) is 5.56 Å². The van der Waals surface area contributed by atoms with Crippen molar-refractivity contribution in [1.29, 1.82) is 0 Å². The van der Waals surface area contributed by atoms with Crippen LogP contribution in [0.4, 0.5) is 0 Å². The Bertz CT molecular complexity index is 1030. The average molecular weight is 480 g/mol. The zero-order valence-electron chi connectivity index (χ0n) is 19.4. The van der Waals surface area contributed by atoms with Crippen molar-refractivity contribution >= 4 is 45.2 Å². The summed E-state index contributed by atoms with van der Waals surface area (Å²) in [6.07, 6.45) is 3.88. The Balaban J connectivity index is 1.72. The van der Waals surface area contributed by atoms with E-state index in [9.17, 15) is 14.4 Å². The van der Waals surface area contributed by atoms with Crippen LogP contribution in [0.5, 0.6) is 0 Å². The zero-order valence-corrected chi connectivity index (χ0v) is 21.0. The molecule has 7 nitrogen and oxygen atoms in total. The van der Waals surface area contributed by atoms with Crippen molar-refractivity contribution in [3.63, 3.8) is 0 Å². The number of amides is 1. The predicted molar refractivity (Wildman–Crippen MR) is 130 cm³/mol. The van der Waals surface area contributed by atoms with Crippen molar-refractivity contribution in [3.05, 3.63) is 20.8 Å². The smallest absolute Gasteiger partial charge is 0.305 e. The SMILES string of the molecule is CCOC(=O)CCCNC(=O)CSc1nc2sc3c(c2c(=O)n1CC(C)C)CCC(C)C3.